The zero-order valence-corrected chi connectivity index (χ0v) is 8.14. The van der Waals surface area contributed by atoms with Gasteiger partial charge in [-0.2, -0.15) is 17.8 Å². The van der Waals surface area contributed by atoms with Gasteiger partial charge in [0.1, 0.15) is 0 Å². The molecule has 0 aromatic rings. The Balaban J connectivity index is 2.17. The van der Waals surface area contributed by atoms with Gasteiger partial charge in [0, 0.05) is 13.1 Å². The fourth-order valence-electron chi connectivity index (χ4n) is 0.842. The molecule has 1 fully saturated rings. The molecule has 0 aliphatic carbocycles. The van der Waals surface area contributed by atoms with Gasteiger partial charge in [-0.3, -0.25) is 0 Å². The van der Waals surface area contributed by atoms with Gasteiger partial charge in [0.25, 0.3) is 10.1 Å². The van der Waals surface area contributed by atoms with Crippen molar-refractivity contribution in [1.29, 1.82) is 0 Å². The molecular formula is C7H15NO3S. The van der Waals surface area contributed by atoms with Crippen molar-refractivity contribution in [2.24, 2.45) is 0 Å². The monoisotopic (exact) mass is 193 g/mol. The Labute approximate surface area is 73.6 Å². The van der Waals surface area contributed by atoms with Gasteiger partial charge in [0.2, 0.25) is 0 Å². The first-order chi connectivity index (χ1) is 5.64. The average Bonchev–Trinajstić information content (AvgIpc) is 2.71. The summed E-state index contributed by atoms with van der Waals surface area (Å²) in [4.78, 5) is 0. The summed E-state index contributed by atoms with van der Waals surface area (Å²) in [6.07, 6.45) is 2.68. The Morgan fingerprint density at radius 2 is 2.00 bits per heavy atom. The van der Waals surface area contributed by atoms with E-state index in [0.717, 1.165) is 25.9 Å². The summed E-state index contributed by atoms with van der Waals surface area (Å²) in [5.74, 6) is 0.150. The van der Waals surface area contributed by atoms with Gasteiger partial charge >= 0.3 is 0 Å². The third kappa shape index (κ3) is 4.04. The molecule has 0 amide bonds. The van der Waals surface area contributed by atoms with E-state index in [0.29, 0.717) is 6.42 Å². The van der Waals surface area contributed by atoms with Crippen molar-refractivity contribution in [3.05, 3.63) is 0 Å². The van der Waals surface area contributed by atoms with Gasteiger partial charge in [-0.05, 0) is 6.42 Å². The molecule has 1 saturated heterocycles. The van der Waals surface area contributed by atoms with Crippen molar-refractivity contribution in [1.82, 2.24) is 5.06 Å². The van der Waals surface area contributed by atoms with Crippen LogP contribution >= 0.6 is 0 Å². The molecule has 1 aliphatic heterocycles. The fourth-order valence-corrected chi connectivity index (χ4v) is 1.94. The van der Waals surface area contributed by atoms with Crippen molar-refractivity contribution in [2.75, 3.05) is 18.8 Å². The lowest BCUT2D eigenvalue weighted by Crippen LogP contribution is -2.14. The summed E-state index contributed by atoms with van der Waals surface area (Å²) >= 11 is 0. The highest BCUT2D eigenvalue weighted by molar-refractivity contribution is 7.86. The van der Waals surface area contributed by atoms with Gasteiger partial charge in [0.15, 0.2) is 0 Å². The van der Waals surface area contributed by atoms with Crippen LogP contribution in [0.3, 0.4) is 0 Å². The molecule has 0 N–H and O–H groups in total. The normalized spacial score (nSPS) is 18.1. The Morgan fingerprint density at radius 1 is 1.33 bits per heavy atom. The van der Waals surface area contributed by atoms with E-state index in [1.54, 1.807) is 0 Å². The predicted octanol–water partition coefficient (Wildman–Crippen LogP) is 0.754. The topological polar surface area (TPSA) is 46.4 Å². The Morgan fingerprint density at radius 3 is 2.50 bits per heavy atom. The second kappa shape index (κ2) is 4.20. The van der Waals surface area contributed by atoms with Crippen LogP contribution in [0.1, 0.15) is 26.2 Å². The molecular weight excluding hydrogens is 178 g/mol. The number of unbranched alkanes of at least 4 members (excludes halogenated alkanes) is 2. The summed E-state index contributed by atoms with van der Waals surface area (Å²) in [7, 11) is -3.26. The number of rotatable bonds is 6. The zero-order valence-electron chi connectivity index (χ0n) is 7.32. The quantitative estimate of drug-likeness (QED) is 0.461. The Kier molecular flexibility index (Phi) is 3.49. The highest BCUT2D eigenvalue weighted by atomic mass is 32.2. The van der Waals surface area contributed by atoms with Gasteiger partial charge in [-0.15, -0.1) is 0 Å². The second-order valence-corrected chi connectivity index (χ2v) is 4.65. The van der Waals surface area contributed by atoms with Crippen molar-refractivity contribution in [2.45, 2.75) is 26.2 Å². The van der Waals surface area contributed by atoms with E-state index in [9.17, 15) is 8.42 Å². The molecule has 0 aromatic heterocycles. The van der Waals surface area contributed by atoms with Crippen LogP contribution in [0.2, 0.25) is 0 Å². The fraction of sp³-hybridized carbons (Fsp3) is 1.00. The largest absolute Gasteiger partial charge is 0.283 e. The molecule has 0 aromatic carbocycles. The molecule has 1 rings (SSSR count). The first kappa shape index (κ1) is 9.95. The molecule has 4 nitrogen and oxygen atoms in total. The molecule has 0 spiro atoms. The van der Waals surface area contributed by atoms with Crippen molar-refractivity contribution in [3.8, 4) is 0 Å². The van der Waals surface area contributed by atoms with Crippen molar-refractivity contribution >= 4 is 10.1 Å². The van der Waals surface area contributed by atoms with E-state index in [1.165, 1.54) is 5.06 Å². The van der Waals surface area contributed by atoms with E-state index in [4.69, 9.17) is 4.28 Å². The number of hydroxylamine groups is 2. The first-order valence-electron chi connectivity index (χ1n) is 4.31. The van der Waals surface area contributed by atoms with E-state index in [2.05, 4.69) is 0 Å². The van der Waals surface area contributed by atoms with Crippen LogP contribution in [-0.4, -0.2) is 32.3 Å². The smallest absolute Gasteiger partial charge is 0.198 e. The molecule has 5 heteroatoms. The maximum atomic E-state index is 11.1. The molecule has 0 saturated carbocycles. The molecule has 0 bridgehead atoms. The number of hydrogen-bond donors (Lipinski definition) is 0. The maximum Gasteiger partial charge on any atom is 0.283 e. The maximum absolute atomic E-state index is 11.1. The van der Waals surface area contributed by atoms with Crippen molar-refractivity contribution < 1.29 is 12.7 Å². The SMILES string of the molecule is CCCCCS(=O)(=O)ON1CC1. The van der Waals surface area contributed by atoms with Gasteiger partial charge in [0.05, 0.1) is 5.75 Å². The van der Waals surface area contributed by atoms with E-state index in [-0.39, 0.29) is 5.75 Å². The molecule has 0 radical (unpaired) electrons. The first-order valence-corrected chi connectivity index (χ1v) is 5.89. The average molecular weight is 193 g/mol. The van der Waals surface area contributed by atoms with Crippen LogP contribution in [0, 0.1) is 0 Å². The second-order valence-electron chi connectivity index (χ2n) is 2.97. The minimum atomic E-state index is -3.26. The molecule has 0 atom stereocenters. The standard InChI is InChI=1S/C7H15NO3S/c1-2-3-4-7-12(9,10)11-8-5-6-8/h2-7H2,1H3. The number of nitrogens with zero attached hydrogens (tertiary/aromatic N) is 1. The lowest BCUT2D eigenvalue weighted by atomic mass is 10.3. The van der Waals surface area contributed by atoms with Crippen LogP contribution in [0.25, 0.3) is 0 Å². The predicted molar refractivity (Wildman–Crippen MR) is 46.0 cm³/mol. The van der Waals surface area contributed by atoms with Gasteiger partial charge < -0.3 is 0 Å². The van der Waals surface area contributed by atoms with Crippen LogP contribution in [0.5, 0.6) is 0 Å². The molecule has 1 aliphatic rings. The molecule has 0 unspecified atom stereocenters. The molecule has 12 heavy (non-hydrogen) atoms. The summed E-state index contributed by atoms with van der Waals surface area (Å²) < 4.78 is 26.9. The summed E-state index contributed by atoms with van der Waals surface area (Å²) in [5.41, 5.74) is 0. The minimum absolute atomic E-state index is 0.150. The van der Waals surface area contributed by atoms with E-state index >= 15 is 0 Å². The lowest BCUT2D eigenvalue weighted by Gasteiger charge is -2.02. The summed E-state index contributed by atoms with van der Waals surface area (Å²) in [5, 5.41) is 1.45. The third-order valence-electron chi connectivity index (χ3n) is 1.62. The zero-order chi connectivity index (χ0) is 9.03. The van der Waals surface area contributed by atoms with Crippen LogP contribution in [-0.2, 0) is 14.4 Å². The molecule has 72 valence electrons. The molecule has 1 heterocycles. The summed E-state index contributed by atoms with van der Waals surface area (Å²) in [6.45, 7) is 3.53. The van der Waals surface area contributed by atoms with Crippen molar-refractivity contribution in [3.63, 3.8) is 0 Å². The summed E-state index contributed by atoms with van der Waals surface area (Å²) in [6, 6.07) is 0. The third-order valence-corrected chi connectivity index (χ3v) is 2.85. The van der Waals surface area contributed by atoms with Crippen LogP contribution in [0.4, 0.5) is 0 Å². The van der Waals surface area contributed by atoms with Crippen LogP contribution < -0.4 is 0 Å². The van der Waals surface area contributed by atoms with Crippen LogP contribution in [0.15, 0.2) is 0 Å². The highest BCUT2D eigenvalue weighted by Gasteiger charge is 2.25. The van der Waals surface area contributed by atoms with Gasteiger partial charge in [-0.1, -0.05) is 19.8 Å². The number of hydrogen-bond acceptors (Lipinski definition) is 4. The Bertz CT molecular complexity index is 221. The van der Waals surface area contributed by atoms with E-state index in [1.807, 2.05) is 6.92 Å². The highest BCUT2D eigenvalue weighted by Crippen LogP contribution is 2.10. The minimum Gasteiger partial charge on any atom is -0.198 e. The Hall–Kier alpha value is -0.130. The van der Waals surface area contributed by atoms with E-state index < -0.39 is 10.1 Å². The lowest BCUT2D eigenvalue weighted by molar-refractivity contribution is 0.0787. The van der Waals surface area contributed by atoms with Gasteiger partial charge in [-0.25, -0.2) is 0 Å².